The van der Waals surface area contributed by atoms with Crippen molar-refractivity contribution in [2.24, 2.45) is 5.41 Å². The van der Waals surface area contributed by atoms with Gasteiger partial charge in [0.2, 0.25) is 0 Å². The molecule has 23 heavy (non-hydrogen) atoms. The second-order valence-corrected chi connectivity index (χ2v) is 7.07. The Morgan fingerprint density at radius 1 is 1.26 bits per heavy atom. The minimum atomic E-state index is 0.507. The normalized spacial score (nSPS) is 27.1. The van der Waals surface area contributed by atoms with Gasteiger partial charge in [-0.05, 0) is 55.8 Å². The van der Waals surface area contributed by atoms with Crippen LogP contribution in [0.25, 0.3) is 0 Å². The molecule has 2 aliphatic rings. The Labute approximate surface area is 137 Å². The first kappa shape index (κ1) is 14.6. The van der Waals surface area contributed by atoms with E-state index < -0.39 is 0 Å². The van der Waals surface area contributed by atoms with Crippen molar-refractivity contribution < 1.29 is 0 Å². The Morgan fingerprint density at radius 2 is 2.17 bits per heavy atom. The van der Waals surface area contributed by atoms with E-state index in [0.29, 0.717) is 11.5 Å². The second-order valence-electron chi connectivity index (χ2n) is 7.07. The van der Waals surface area contributed by atoms with Crippen molar-refractivity contribution in [1.29, 1.82) is 0 Å². The Morgan fingerprint density at radius 3 is 2.96 bits per heavy atom. The van der Waals surface area contributed by atoms with Crippen LogP contribution < -0.4 is 5.32 Å². The van der Waals surface area contributed by atoms with Crippen molar-refractivity contribution in [1.82, 2.24) is 19.9 Å². The summed E-state index contributed by atoms with van der Waals surface area (Å²) in [4.78, 5) is 15.3. The van der Waals surface area contributed by atoms with Crippen LogP contribution in [0.5, 0.6) is 0 Å². The molecule has 5 nitrogen and oxygen atoms in total. The fraction of sp³-hybridized carbons (Fsp3) is 0.500. The molecule has 2 aromatic rings. The van der Waals surface area contributed by atoms with Crippen LogP contribution in [0.2, 0.25) is 0 Å². The standard InChI is InChI=1S/C18H23N5/c1-14-3-2-6-20-16(14)11-23-8-5-18(12-23)9-15(10-18)22-17-4-7-19-13-21-17/h2-4,6-7,13,15H,5,8-12H2,1H3,(H,19,21,22). The molecule has 0 aromatic carbocycles. The highest BCUT2D eigenvalue weighted by Crippen LogP contribution is 2.49. The van der Waals surface area contributed by atoms with Gasteiger partial charge in [0.25, 0.3) is 0 Å². The van der Waals surface area contributed by atoms with E-state index in [2.05, 4.69) is 38.2 Å². The van der Waals surface area contributed by atoms with Crippen LogP contribution in [0.4, 0.5) is 5.82 Å². The average Bonchev–Trinajstić information content (AvgIpc) is 2.94. The first-order valence-electron chi connectivity index (χ1n) is 8.38. The molecule has 1 saturated heterocycles. The van der Waals surface area contributed by atoms with Gasteiger partial charge in [-0.25, -0.2) is 9.97 Å². The maximum absolute atomic E-state index is 4.54. The molecule has 1 N–H and O–H groups in total. The van der Waals surface area contributed by atoms with Gasteiger partial charge in [0.1, 0.15) is 12.1 Å². The molecular weight excluding hydrogens is 286 g/mol. The summed E-state index contributed by atoms with van der Waals surface area (Å²) in [6.07, 6.45) is 9.09. The first-order valence-corrected chi connectivity index (χ1v) is 8.38. The summed E-state index contributed by atoms with van der Waals surface area (Å²) in [6, 6.07) is 6.66. The quantitative estimate of drug-likeness (QED) is 0.941. The molecule has 1 spiro atoms. The van der Waals surface area contributed by atoms with E-state index in [1.165, 1.54) is 43.6 Å². The number of nitrogens with one attached hydrogen (secondary N) is 1. The summed E-state index contributed by atoms with van der Waals surface area (Å²) in [5, 5.41) is 3.52. The average molecular weight is 309 g/mol. The molecule has 1 aliphatic carbocycles. The van der Waals surface area contributed by atoms with Gasteiger partial charge in [-0.15, -0.1) is 0 Å². The highest BCUT2D eigenvalue weighted by molar-refractivity contribution is 5.34. The Kier molecular flexibility index (Phi) is 3.73. The topological polar surface area (TPSA) is 53.9 Å². The predicted octanol–water partition coefficient (Wildman–Crippen LogP) is 2.65. The molecule has 2 fully saturated rings. The summed E-state index contributed by atoms with van der Waals surface area (Å²) in [6.45, 7) is 5.53. The van der Waals surface area contributed by atoms with Crippen LogP contribution in [0.15, 0.2) is 36.9 Å². The third kappa shape index (κ3) is 3.06. The van der Waals surface area contributed by atoms with Gasteiger partial charge < -0.3 is 5.32 Å². The van der Waals surface area contributed by atoms with Crippen molar-refractivity contribution in [3.8, 4) is 0 Å². The molecule has 4 rings (SSSR count). The minimum Gasteiger partial charge on any atom is -0.367 e. The third-order valence-electron chi connectivity index (χ3n) is 5.30. The van der Waals surface area contributed by atoms with E-state index in [1.54, 1.807) is 12.5 Å². The number of anilines is 1. The van der Waals surface area contributed by atoms with Gasteiger partial charge in [-0.1, -0.05) is 6.07 Å². The van der Waals surface area contributed by atoms with Crippen LogP contribution in [-0.2, 0) is 6.54 Å². The van der Waals surface area contributed by atoms with Gasteiger partial charge in [0.15, 0.2) is 0 Å². The zero-order chi connectivity index (χ0) is 15.7. The monoisotopic (exact) mass is 309 g/mol. The highest BCUT2D eigenvalue weighted by atomic mass is 15.2. The van der Waals surface area contributed by atoms with Crippen molar-refractivity contribution in [2.75, 3.05) is 18.4 Å². The van der Waals surface area contributed by atoms with Crippen LogP contribution in [0.1, 0.15) is 30.5 Å². The van der Waals surface area contributed by atoms with E-state index in [1.807, 2.05) is 18.3 Å². The van der Waals surface area contributed by atoms with Crippen LogP contribution in [-0.4, -0.2) is 39.0 Å². The maximum Gasteiger partial charge on any atom is 0.129 e. The number of rotatable bonds is 4. The molecule has 1 saturated carbocycles. The SMILES string of the molecule is Cc1cccnc1CN1CCC2(CC(Nc3ccncn3)C2)C1. The molecule has 3 heterocycles. The van der Waals surface area contributed by atoms with E-state index in [0.717, 1.165) is 12.4 Å². The minimum absolute atomic E-state index is 0.507. The lowest BCUT2D eigenvalue weighted by atomic mass is 9.65. The first-order chi connectivity index (χ1) is 11.2. The third-order valence-corrected chi connectivity index (χ3v) is 5.30. The van der Waals surface area contributed by atoms with Crippen LogP contribution >= 0.6 is 0 Å². The lowest BCUT2D eigenvalue weighted by Gasteiger charge is -2.45. The summed E-state index contributed by atoms with van der Waals surface area (Å²) >= 11 is 0. The number of likely N-dealkylation sites (tertiary alicyclic amines) is 1. The van der Waals surface area contributed by atoms with Gasteiger partial charge in [0.05, 0.1) is 5.69 Å². The Hall–Kier alpha value is -2.01. The van der Waals surface area contributed by atoms with E-state index in [4.69, 9.17) is 0 Å². The largest absolute Gasteiger partial charge is 0.367 e. The molecule has 0 unspecified atom stereocenters. The molecular formula is C18H23N5. The summed E-state index contributed by atoms with van der Waals surface area (Å²) in [5.41, 5.74) is 3.03. The number of hydrogen-bond donors (Lipinski definition) is 1. The van der Waals surface area contributed by atoms with E-state index >= 15 is 0 Å². The second kappa shape index (κ2) is 5.89. The maximum atomic E-state index is 4.54. The number of nitrogens with zero attached hydrogens (tertiary/aromatic N) is 4. The molecule has 1 aliphatic heterocycles. The van der Waals surface area contributed by atoms with Gasteiger partial charge >= 0.3 is 0 Å². The fourth-order valence-electron chi connectivity index (χ4n) is 4.06. The van der Waals surface area contributed by atoms with Gasteiger partial charge in [-0.2, -0.15) is 0 Å². The number of hydrogen-bond acceptors (Lipinski definition) is 5. The lowest BCUT2D eigenvalue weighted by molar-refractivity contribution is 0.119. The molecule has 5 heteroatoms. The molecule has 0 amide bonds. The summed E-state index contributed by atoms with van der Waals surface area (Å²) in [7, 11) is 0. The number of pyridine rings is 1. The predicted molar refractivity (Wildman–Crippen MR) is 90.0 cm³/mol. The van der Waals surface area contributed by atoms with Crippen LogP contribution in [0, 0.1) is 12.3 Å². The lowest BCUT2D eigenvalue weighted by Crippen LogP contribution is -2.46. The highest BCUT2D eigenvalue weighted by Gasteiger charge is 2.48. The van der Waals surface area contributed by atoms with Crippen LogP contribution in [0.3, 0.4) is 0 Å². The van der Waals surface area contributed by atoms with Gasteiger partial charge in [-0.3, -0.25) is 9.88 Å². The van der Waals surface area contributed by atoms with E-state index in [9.17, 15) is 0 Å². The van der Waals surface area contributed by atoms with Crippen molar-refractivity contribution in [2.45, 2.75) is 38.8 Å². The Balaban J connectivity index is 1.31. The molecule has 0 radical (unpaired) electrons. The number of aromatic nitrogens is 3. The smallest absolute Gasteiger partial charge is 0.129 e. The Bertz CT molecular complexity index is 666. The van der Waals surface area contributed by atoms with Crippen molar-refractivity contribution >= 4 is 5.82 Å². The van der Waals surface area contributed by atoms with Gasteiger partial charge in [0, 0.05) is 31.5 Å². The zero-order valence-electron chi connectivity index (χ0n) is 13.6. The molecule has 0 atom stereocenters. The summed E-state index contributed by atoms with van der Waals surface area (Å²) in [5.74, 6) is 0.943. The molecule has 2 aromatic heterocycles. The molecule has 120 valence electrons. The molecule has 0 bridgehead atoms. The fourth-order valence-corrected chi connectivity index (χ4v) is 4.06. The van der Waals surface area contributed by atoms with Crippen molar-refractivity contribution in [3.63, 3.8) is 0 Å². The van der Waals surface area contributed by atoms with Crippen molar-refractivity contribution in [3.05, 3.63) is 48.2 Å². The van der Waals surface area contributed by atoms with E-state index in [-0.39, 0.29) is 0 Å². The zero-order valence-corrected chi connectivity index (χ0v) is 13.6. The summed E-state index contributed by atoms with van der Waals surface area (Å²) < 4.78 is 0. The number of aryl methyl sites for hydroxylation is 1.